The Bertz CT molecular complexity index is 289. The number of rotatable bonds is 4. The van der Waals surface area contributed by atoms with Crippen molar-refractivity contribution in [2.24, 2.45) is 5.73 Å². The highest BCUT2D eigenvalue weighted by atomic mass is 16.5. The molecule has 0 aliphatic carbocycles. The number of hydrogen-bond donors (Lipinski definition) is 1. The number of nitrogens with zero attached hydrogens (tertiary/aromatic N) is 3. The van der Waals surface area contributed by atoms with Crippen molar-refractivity contribution in [1.29, 1.82) is 0 Å². The summed E-state index contributed by atoms with van der Waals surface area (Å²) in [6.45, 7) is 6.48. The highest BCUT2D eigenvalue weighted by molar-refractivity contribution is 5.05. The first-order valence-electron chi connectivity index (χ1n) is 4.65. The summed E-state index contributed by atoms with van der Waals surface area (Å²) in [6, 6.07) is 0. The minimum atomic E-state index is -0.436. The van der Waals surface area contributed by atoms with Crippen LogP contribution in [0.1, 0.15) is 26.5 Å². The van der Waals surface area contributed by atoms with E-state index in [1.807, 2.05) is 27.0 Å². The van der Waals surface area contributed by atoms with Crippen LogP contribution in [0, 0.1) is 0 Å². The van der Waals surface area contributed by atoms with E-state index in [1.54, 1.807) is 11.8 Å². The van der Waals surface area contributed by atoms with Crippen molar-refractivity contribution in [1.82, 2.24) is 15.0 Å². The number of hydrogen-bond acceptors (Lipinski definition) is 4. The van der Waals surface area contributed by atoms with Crippen LogP contribution >= 0.6 is 0 Å². The fourth-order valence-corrected chi connectivity index (χ4v) is 1.02. The minimum absolute atomic E-state index is 0.130. The summed E-state index contributed by atoms with van der Waals surface area (Å²) in [5, 5.41) is 7.98. The monoisotopic (exact) mass is 198 g/mol. The average Bonchev–Trinajstić information content (AvgIpc) is 2.51. The molecule has 0 aromatic carbocycles. The first-order valence-corrected chi connectivity index (χ1v) is 4.65. The van der Waals surface area contributed by atoms with Gasteiger partial charge in [0.25, 0.3) is 0 Å². The summed E-state index contributed by atoms with van der Waals surface area (Å²) in [4.78, 5) is 0. The molecule has 2 N–H and O–H groups in total. The number of ether oxygens (including phenoxy) is 1. The molecule has 5 nitrogen and oxygen atoms in total. The quantitative estimate of drug-likeness (QED) is 0.765. The third-order valence-corrected chi connectivity index (χ3v) is 2.05. The van der Waals surface area contributed by atoms with Crippen molar-refractivity contribution in [2.75, 3.05) is 7.11 Å². The third kappa shape index (κ3) is 2.78. The minimum Gasteiger partial charge on any atom is -0.380 e. The lowest BCUT2D eigenvalue weighted by Gasteiger charge is -2.13. The van der Waals surface area contributed by atoms with Crippen molar-refractivity contribution in [2.45, 2.75) is 39.0 Å². The molecular weight excluding hydrogens is 180 g/mol. The molecule has 5 heteroatoms. The largest absolute Gasteiger partial charge is 0.380 e. The van der Waals surface area contributed by atoms with Gasteiger partial charge in [0.15, 0.2) is 0 Å². The van der Waals surface area contributed by atoms with Gasteiger partial charge in [-0.2, -0.15) is 0 Å². The van der Waals surface area contributed by atoms with Gasteiger partial charge in [-0.1, -0.05) is 5.21 Å². The van der Waals surface area contributed by atoms with Crippen LogP contribution in [0.15, 0.2) is 6.20 Å². The Hall–Kier alpha value is -0.940. The van der Waals surface area contributed by atoms with Crippen molar-refractivity contribution in [3.63, 3.8) is 0 Å². The van der Waals surface area contributed by atoms with Crippen LogP contribution in [0.25, 0.3) is 0 Å². The van der Waals surface area contributed by atoms with E-state index in [0.29, 0.717) is 6.54 Å². The van der Waals surface area contributed by atoms with Gasteiger partial charge >= 0.3 is 0 Å². The molecule has 0 amide bonds. The third-order valence-electron chi connectivity index (χ3n) is 2.05. The van der Waals surface area contributed by atoms with E-state index in [-0.39, 0.29) is 6.10 Å². The first kappa shape index (κ1) is 11.1. The molecule has 0 spiro atoms. The number of methoxy groups -OCH3 is 1. The summed E-state index contributed by atoms with van der Waals surface area (Å²) >= 11 is 0. The highest BCUT2D eigenvalue weighted by Gasteiger charge is 2.18. The molecule has 0 bridgehead atoms. The van der Waals surface area contributed by atoms with Crippen LogP contribution in [0.2, 0.25) is 0 Å². The van der Waals surface area contributed by atoms with Crippen molar-refractivity contribution < 1.29 is 4.74 Å². The second-order valence-electron chi connectivity index (χ2n) is 4.09. The van der Waals surface area contributed by atoms with Crippen LogP contribution in [-0.4, -0.2) is 28.2 Å². The summed E-state index contributed by atoms with van der Waals surface area (Å²) in [7, 11) is 1.68. The van der Waals surface area contributed by atoms with E-state index < -0.39 is 5.54 Å². The smallest absolute Gasteiger partial charge is 0.102 e. The van der Waals surface area contributed by atoms with E-state index in [1.165, 1.54) is 0 Å². The Morgan fingerprint density at radius 1 is 1.64 bits per heavy atom. The van der Waals surface area contributed by atoms with Gasteiger partial charge in [0.2, 0.25) is 0 Å². The van der Waals surface area contributed by atoms with Gasteiger partial charge in [0, 0.05) is 7.11 Å². The zero-order valence-corrected chi connectivity index (χ0v) is 9.19. The Labute approximate surface area is 84.2 Å². The highest BCUT2D eigenvalue weighted by Crippen LogP contribution is 2.12. The van der Waals surface area contributed by atoms with Gasteiger partial charge in [0.1, 0.15) is 5.69 Å². The molecular formula is C9H18N4O. The van der Waals surface area contributed by atoms with Gasteiger partial charge in [-0.05, 0) is 20.8 Å². The lowest BCUT2D eigenvalue weighted by Crippen LogP contribution is -2.29. The standard InChI is InChI=1S/C9H18N4O/c1-7(14-4)5-13-6-8(11-12-13)9(2,3)10/h6-7H,5,10H2,1-4H3. The van der Waals surface area contributed by atoms with Crippen LogP contribution in [0.4, 0.5) is 0 Å². The maximum Gasteiger partial charge on any atom is 0.102 e. The van der Waals surface area contributed by atoms with E-state index >= 15 is 0 Å². The van der Waals surface area contributed by atoms with Crippen LogP contribution < -0.4 is 5.73 Å². The Kier molecular flexibility index (Phi) is 3.23. The number of nitrogens with two attached hydrogens (primary N) is 1. The summed E-state index contributed by atoms with van der Waals surface area (Å²) in [6.07, 6.45) is 1.99. The van der Waals surface area contributed by atoms with Gasteiger partial charge in [-0.3, -0.25) is 0 Å². The predicted octanol–water partition coefficient (Wildman–Crippen LogP) is 0.507. The lowest BCUT2D eigenvalue weighted by molar-refractivity contribution is 0.0992. The molecule has 1 aromatic rings. The Balaban J connectivity index is 2.69. The molecule has 1 unspecified atom stereocenters. The molecule has 0 radical (unpaired) electrons. The van der Waals surface area contributed by atoms with Gasteiger partial charge in [-0.15, -0.1) is 5.10 Å². The van der Waals surface area contributed by atoms with E-state index in [9.17, 15) is 0 Å². The molecule has 80 valence electrons. The van der Waals surface area contributed by atoms with Crippen LogP contribution in [-0.2, 0) is 16.8 Å². The molecule has 1 heterocycles. The lowest BCUT2D eigenvalue weighted by atomic mass is 10.0. The zero-order chi connectivity index (χ0) is 10.8. The topological polar surface area (TPSA) is 66.0 Å². The molecule has 0 fully saturated rings. The molecule has 1 aromatic heterocycles. The van der Waals surface area contributed by atoms with Crippen molar-refractivity contribution >= 4 is 0 Å². The second-order valence-corrected chi connectivity index (χ2v) is 4.09. The summed E-state index contributed by atoms with van der Waals surface area (Å²) < 4.78 is 6.88. The Morgan fingerprint density at radius 2 is 2.29 bits per heavy atom. The molecule has 0 aliphatic heterocycles. The second kappa shape index (κ2) is 4.06. The van der Waals surface area contributed by atoms with Gasteiger partial charge in [-0.25, -0.2) is 4.68 Å². The fraction of sp³-hybridized carbons (Fsp3) is 0.778. The van der Waals surface area contributed by atoms with E-state index in [0.717, 1.165) is 5.69 Å². The van der Waals surface area contributed by atoms with Gasteiger partial charge < -0.3 is 10.5 Å². The summed E-state index contributed by atoms with van der Waals surface area (Å²) in [5.41, 5.74) is 6.24. The molecule has 1 atom stereocenters. The average molecular weight is 198 g/mol. The van der Waals surface area contributed by atoms with Crippen LogP contribution in [0.3, 0.4) is 0 Å². The SMILES string of the molecule is COC(C)Cn1cc(C(C)(C)N)nn1. The molecule has 0 saturated carbocycles. The van der Waals surface area contributed by atoms with Gasteiger partial charge in [0.05, 0.1) is 24.4 Å². The van der Waals surface area contributed by atoms with E-state index in [2.05, 4.69) is 10.3 Å². The molecule has 14 heavy (non-hydrogen) atoms. The summed E-state index contributed by atoms with van der Waals surface area (Å²) in [5.74, 6) is 0. The van der Waals surface area contributed by atoms with Crippen molar-refractivity contribution in [3.8, 4) is 0 Å². The Morgan fingerprint density at radius 3 is 2.71 bits per heavy atom. The predicted molar refractivity (Wildman–Crippen MR) is 53.7 cm³/mol. The first-order chi connectivity index (χ1) is 6.43. The maximum absolute atomic E-state index is 5.89. The molecule has 0 saturated heterocycles. The molecule has 0 aliphatic rings. The molecule has 1 rings (SSSR count). The van der Waals surface area contributed by atoms with E-state index in [4.69, 9.17) is 10.5 Å². The number of aromatic nitrogens is 3. The van der Waals surface area contributed by atoms with Crippen molar-refractivity contribution in [3.05, 3.63) is 11.9 Å². The normalized spacial score (nSPS) is 14.4. The zero-order valence-electron chi connectivity index (χ0n) is 9.19. The fourth-order valence-electron chi connectivity index (χ4n) is 1.02. The maximum atomic E-state index is 5.89. The van der Waals surface area contributed by atoms with Crippen LogP contribution in [0.5, 0.6) is 0 Å².